The van der Waals surface area contributed by atoms with Crippen molar-refractivity contribution in [1.29, 1.82) is 5.26 Å². The summed E-state index contributed by atoms with van der Waals surface area (Å²) >= 11 is 0. The molecule has 0 aliphatic rings. The van der Waals surface area contributed by atoms with Gasteiger partial charge in [-0.2, -0.15) is 10.4 Å². The molecule has 0 amide bonds. The Kier molecular flexibility index (Phi) is 3.85. The van der Waals surface area contributed by atoms with Crippen molar-refractivity contribution >= 4 is 27.5 Å². The molecule has 0 aliphatic heterocycles. The molecule has 4 rings (SSSR count). The van der Waals surface area contributed by atoms with Crippen molar-refractivity contribution in [3.63, 3.8) is 0 Å². The zero-order valence-corrected chi connectivity index (χ0v) is 15.9. The van der Waals surface area contributed by atoms with Gasteiger partial charge in [0.2, 0.25) is 0 Å². The van der Waals surface area contributed by atoms with Gasteiger partial charge in [0.15, 0.2) is 0 Å². The molecular formula is C22H21N5. The number of hydrogen-bond acceptors (Lipinski definition) is 4. The molecule has 134 valence electrons. The van der Waals surface area contributed by atoms with Gasteiger partial charge in [-0.25, -0.2) is 0 Å². The number of pyridine rings is 1. The van der Waals surface area contributed by atoms with Crippen LogP contribution in [0, 0.1) is 11.3 Å². The lowest BCUT2D eigenvalue weighted by Gasteiger charge is -2.16. The summed E-state index contributed by atoms with van der Waals surface area (Å²) in [5.74, 6) is 0. The molecule has 27 heavy (non-hydrogen) atoms. The Hall–Kier alpha value is -3.39. The standard InChI is InChI=1S/C22H21N5/c1-22(2,13-23)15-7-5-14(6-8-15)21-20-17-11-16(27(3)4)9-10-18(17)24-12-19(20)25-26-21/h5-12H,1-4H3,(H,25,26). The molecule has 5 heteroatoms. The molecule has 0 saturated carbocycles. The number of benzene rings is 2. The molecular weight excluding hydrogens is 334 g/mol. The second kappa shape index (κ2) is 6.10. The van der Waals surface area contributed by atoms with E-state index < -0.39 is 5.41 Å². The number of H-pyrrole nitrogens is 1. The first-order valence-electron chi connectivity index (χ1n) is 8.87. The molecule has 0 bridgehead atoms. The van der Waals surface area contributed by atoms with E-state index in [1.54, 1.807) is 0 Å². The molecule has 2 aromatic carbocycles. The lowest BCUT2D eigenvalue weighted by Crippen LogP contribution is -2.13. The Labute approximate surface area is 158 Å². The predicted octanol–water partition coefficient (Wildman–Crippen LogP) is 4.65. The third kappa shape index (κ3) is 2.80. The van der Waals surface area contributed by atoms with E-state index >= 15 is 0 Å². The average Bonchev–Trinajstić information content (AvgIpc) is 3.12. The molecule has 0 radical (unpaired) electrons. The van der Waals surface area contributed by atoms with Crippen molar-refractivity contribution in [2.45, 2.75) is 19.3 Å². The predicted molar refractivity (Wildman–Crippen MR) is 110 cm³/mol. The molecule has 0 unspecified atom stereocenters. The summed E-state index contributed by atoms with van der Waals surface area (Å²) in [6.07, 6.45) is 1.83. The van der Waals surface area contributed by atoms with Gasteiger partial charge < -0.3 is 4.90 Å². The fraction of sp³-hybridized carbons (Fsp3) is 0.227. The first-order valence-corrected chi connectivity index (χ1v) is 8.87. The molecule has 1 N–H and O–H groups in total. The van der Waals surface area contributed by atoms with Gasteiger partial charge in [0.05, 0.1) is 28.7 Å². The summed E-state index contributed by atoms with van der Waals surface area (Å²) in [7, 11) is 4.06. The van der Waals surface area contributed by atoms with Gasteiger partial charge in [0.25, 0.3) is 0 Å². The van der Waals surface area contributed by atoms with Gasteiger partial charge in [0, 0.05) is 36.1 Å². The lowest BCUT2D eigenvalue weighted by atomic mass is 9.86. The number of nitrogens with one attached hydrogen (secondary N) is 1. The van der Waals surface area contributed by atoms with Crippen molar-refractivity contribution in [3.8, 4) is 17.3 Å². The number of anilines is 1. The summed E-state index contributed by atoms with van der Waals surface area (Å²) in [6.45, 7) is 3.85. The van der Waals surface area contributed by atoms with Crippen LogP contribution in [0.3, 0.4) is 0 Å². The van der Waals surface area contributed by atoms with Crippen LogP contribution in [0.5, 0.6) is 0 Å². The van der Waals surface area contributed by atoms with Crippen LogP contribution in [0.4, 0.5) is 5.69 Å². The Balaban J connectivity index is 1.92. The average molecular weight is 355 g/mol. The number of rotatable bonds is 3. The molecule has 4 aromatic rings. The van der Waals surface area contributed by atoms with Crippen LogP contribution < -0.4 is 4.90 Å². The van der Waals surface area contributed by atoms with Gasteiger partial charge in [-0.05, 0) is 37.6 Å². The summed E-state index contributed by atoms with van der Waals surface area (Å²) < 4.78 is 0. The lowest BCUT2D eigenvalue weighted by molar-refractivity contribution is 0.687. The molecule has 2 aromatic heterocycles. The van der Waals surface area contributed by atoms with E-state index in [4.69, 9.17) is 0 Å². The van der Waals surface area contributed by atoms with Crippen molar-refractivity contribution in [2.75, 3.05) is 19.0 Å². The maximum Gasteiger partial charge on any atom is 0.101 e. The monoisotopic (exact) mass is 355 g/mol. The fourth-order valence-corrected chi connectivity index (χ4v) is 3.29. The van der Waals surface area contributed by atoms with Crippen LogP contribution in [0.15, 0.2) is 48.7 Å². The molecule has 2 heterocycles. The van der Waals surface area contributed by atoms with E-state index in [0.717, 1.165) is 44.3 Å². The number of nitriles is 1. The zero-order valence-electron chi connectivity index (χ0n) is 15.9. The number of fused-ring (bicyclic) bond motifs is 3. The van der Waals surface area contributed by atoms with E-state index in [1.807, 2.05) is 64.5 Å². The summed E-state index contributed by atoms with van der Waals surface area (Å²) in [4.78, 5) is 6.63. The van der Waals surface area contributed by atoms with Gasteiger partial charge in [0.1, 0.15) is 5.69 Å². The number of aromatic amines is 1. The zero-order chi connectivity index (χ0) is 19.2. The largest absolute Gasteiger partial charge is 0.378 e. The van der Waals surface area contributed by atoms with Gasteiger partial charge in [-0.3, -0.25) is 10.1 Å². The van der Waals surface area contributed by atoms with E-state index in [9.17, 15) is 5.26 Å². The highest BCUT2D eigenvalue weighted by Crippen LogP contribution is 2.34. The molecule has 0 fully saturated rings. The molecule has 0 atom stereocenters. The Morgan fingerprint density at radius 1 is 1.07 bits per heavy atom. The first-order chi connectivity index (χ1) is 12.9. The summed E-state index contributed by atoms with van der Waals surface area (Å²) in [5.41, 5.74) is 5.37. The van der Waals surface area contributed by atoms with Crippen LogP contribution >= 0.6 is 0 Å². The van der Waals surface area contributed by atoms with E-state index in [-0.39, 0.29) is 0 Å². The first kappa shape index (κ1) is 17.0. The minimum atomic E-state index is -0.511. The topological polar surface area (TPSA) is 68.6 Å². The number of hydrogen-bond donors (Lipinski definition) is 1. The summed E-state index contributed by atoms with van der Waals surface area (Å²) in [6, 6.07) is 16.7. The second-order valence-corrected chi connectivity index (χ2v) is 7.53. The van der Waals surface area contributed by atoms with Gasteiger partial charge >= 0.3 is 0 Å². The normalized spacial score (nSPS) is 11.7. The minimum Gasteiger partial charge on any atom is -0.378 e. The quantitative estimate of drug-likeness (QED) is 0.581. The van der Waals surface area contributed by atoms with E-state index in [1.165, 1.54) is 0 Å². The van der Waals surface area contributed by atoms with Gasteiger partial charge in [-0.15, -0.1) is 0 Å². The smallest absolute Gasteiger partial charge is 0.101 e. The fourth-order valence-electron chi connectivity index (χ4n) is 3.29. The highest BCUT2D eigenvalue weighted by molar-refractivity contribution is 6.11. The van der Waals surface area contributed by atoms with Gasteiger partial charge in [-0.1, -0.05) is 24.3 Å². The highest BCUT2D eigenvalue weighted by atomic mass is 15.1. The van der Waals surface area contributed by atoms with Crippen LogP contribution in [-0.4, -0.2) is 29.3 Å². The Morgan fingerprint density at radius 2 is 1.81 bits per heavy atom. The molecule has 5 nitrogen and oxygen atoms in total. The van der Waals surface area contributed by atoms with Crippen LogP contribution in [0.25, 0.3) is 33.1 Å². The number of nitrogens with zero attached hydrogens (tertiary/aromatic N) is 4. The third-order valence-corrected chi connectivity index (χ3v) is 5.05. The maximum atomic E-state index is 9.35. The third-order valence-electron chi connectivity index (χ3n) is 5.05. The highest BCUT2D eigenvalue weighted by Gasteiger charge is 2.20. The van der Waals surface area contributed by atoms with Crippen LogP contribution in [0.2, 0.25) is 0 Å². The SMILES string of the molecule is CN(C)c1ccc2ncc3[nH]nc(-c4ccc(C(C)(C)C#N)cc4)c3c2c1. The second-order valence-electron chi connectivity index (χ2n) is 7.53. The maximum absolute atomic E-state index is 9.35. The van der Waals surface area contributed by atoms with Crippen molar-refractivity contribution in [2.24, 2.45) is 0 Å². The van der Waals surface area contributed by atoms with Crippen molar-refractivity contribution in [3.05, 3.63) is 54.2 Å². The minimum absolute atomic E-state index is 0.511. The van der Waals surface area contributed by atoms with Crippen LogP contribution in [-0.2, 0) is 5.41 Å². The van der Waals surface area contributed by atoms with Crippen molar-refractivity contribution < 1.29 is 0 Å². The van der Waals surface area contributed by atoms with Crippen LogP contribution in [0.1, 0.15) is 19.4 Å². The van der Waals surface area contributed by atoms with Crippen molar-refractivity contribution in [1.82, 2.24) is 15.2 Å². The van der Waals surface area contributed by atoms with E-state index in [0.29, 0.717) is 0 Å². The Morgan fingerprint density at radius 3 is 2.48 bits per heavy atom. The molecule has 0 aliphatic carbocycles. The summed E-state index contributed by atoms with van der Waals surface area (Å²) in [5, 5.41) is 19.2. The molecule has 0 spiro atoms. The molecule has 0 saturated heterocycles. The number of aromatic nitrogens is 3. The van der Waals surface area contributed by atoms with E-state index in [2.05, 4.69) is 38.3 Å². The Bertz CT molecular complexity index is 1180.